The fourth-order valence-corrected chi connectivity index (χ4v) is 2.88. The lowest BCUT2D eigenvalue weighted by atomic mass is 9.61. The van der Waals surface area contributed by atoms with E-state index in [1.54, 1.807) is 0 Å². The van der Waals surface area contributed by atoms with Crippen LogP contribution < -0.4 is 0 Å². The fraction of sp³-hybridized carbons (Fsp3) is 1.00. The number of fused-ring (bicyclic) bond motifs is 3. The van der Waals surface area contributed by atoms with Gasteiger partial charge >= 0.3 is 0 Å². The smallest absolute Gasteiger partial charge is 0.0675 e. The second kappa shape index (κ2) is 2.20. The van der Waals surface area contributed by atoms with E-state index in [4.69, 9.17) is 0 Å². The molecule has 4 unspecified atom stereocenters. The highest BCUT2D eigenvalue weighted by Gasteiger charge is 2.47. The Balaban J connectivity index is 2.20. The molecule has 4 atom stereocenters. The van der Waals surface area contributed by atoms with Crippen molar-refractivity contribution in [1.29, 1.82) is 0 Å². The van der Waals surface area contributed by atoms with Gasteiger partial charge in [-0.15, -0.1) is 0 Å². The molecule has 3 rings (SSSR count). The largest absolute Gasteiger partial charge is 0.393 e. The van der Waals surface area contributed by atoms with Crippen LogP contribution in [0.15, 0.2) is 0 Å². The Hall–Kier alpha value is -0.0800. The van der Waals surface area contributed by atoms with Crippen LogP contribution in [0.25, 0.3) is 0 Å². The summed E-state index contributed by atoms with van der Waals surface area (Å²) in [6, 6.07) is 0. The molecule has 2 heteroatoms. The molecule has 3 saturated carbocycles. The SMILES string of the molecule is CC1(O)CC2CCC1C(O)C2. The van der Waals surface area contributed by atoms with Crippen molar-refractivity contribution in [2.75, 3.05) is 0 Å². The molecule has 2 N–H and O–H groups in total. The molecule has 3 aliphatic rings. The Morgan fingerprint density at radius 2 is 2.09 bits per heavy atom. The van der Waals surface area contributed by atoms with E-state index < -0.39 is 5.60 Å². The molecule has 2 bridgehead atoms. The zero-order valence-electron chi connectivity index (χ0n) is 6.95. The van der Waals surface area contributed by atoms with E-state index in [9.17, 15) is 10.2 Å². The lowest BCUT2D eigenvalue weighted by Crippen LogP contribution is -2.52. The third kappa shape index (κ3) is 1.09. The van der Waals surface area contributed by atoms with Crippen LogP contribution in [0.4, 0.5) is 0 Å². The second-order valence-corrected chi connectivity index (χ2v) is 4.41. The minimum absolute atomic E-state index is 0.146. The van der Waals surface area contributed by atoms with Gasteiger partial charge in [0.15, 0.2) is 0 Å². The van der Waals surface area contributed by atoms with Gasteiger partial charge in [-0.3, -0.25) is 0 Å². The van der Waals surface area contributed by atoms with E-state index in [-0.39, 0.29) is 12.0 Å². The van der Waals surface area contributed by atoms with Gasteiger partial charge in [-0.25, -0.2) is 0 Å². The maximum absolute atomic E-state index is 9.88. The van der Waals surface area contributed by atoms with Crippen LogP contribution in [-0.4, -0.2) is 21.9 Å². The van der Waals surface area contributed by atoms with Gasteiger partial charge in [-0.05, 0) is 38.5 Å². The van der Waals surface area contributed by atoms with Crippen molar-refractivity contribution in [3.8, 4) is 0 Å². The van der Waals surface area contributed by atoms with Gasteiger partial charge in [0.1, 0.15) is 0 Å². The molecule has 3 aliphatic carbocycles. The molecule has 0 aromatic carbocycles. The van der Waals surface area contributed by atoms with Gasteiger partial charge in [-0.2, -0.15) is 0 Å². The first-order valence-electron chi connectivity index (χ1n) is 4.50. The average molecular weight is 156 g/mol. The molecule has 0 aromatic heterocycles. The Kier molecular flexibility index (Phi) is 1.52. The summed E-state index contributed by atoms with van der Waals surface area (Å²) >= 11 is 0. The molecular formula is C9H16O2. The molecule has 0 spiro atoms. The van der Waals surface area contributed by atoms with Crippen molar-refractivity contribution in [3.63, 3.8) is 0 Å². The summed E-state index contributed by atoms with van der Waals surface area (Å²) in [5.74, 6) is 0.720. The highest BCUT2D eigenvalue weighted by molar-refractivity contribution is 4.98. The number of aliphatic hydroxyl groups excluding tert-OH is 1. The normalized spacial score (nSPS) is 56.5. The molecule has 0 amide bonds. The number of hydrogen-bond donors (Lipinski definition) is 2. The van der Waals surface area contributed by atoms with Crippen molar-refractivity contribution < 1.29 is 10.2 Å². The molecule has 0 aromatic rings. The first-order chi connectivity index (χ1) is 5.09. The Morgan fingerprint density at radius 3 is 2.45 bits per heavy atom. The first-order valence-corrected chi connectivity index (χ1v) is 4.50. The molecule has 2 nitrogen and oxygen atoms in total. The standard InChI is InChI=1S/C9H16O2/c1-9(11)5-6-2-3-7(9)8(10)4-6/h6-8,10-11H,2-5H2,1H3. The summed E-state index contributed by atoms with van der Waals surface area (Å²) < 4.78 is 0. The summed E-state index contributed by atoms with van der Waals surface area (Å²) in [5, 5.41) is 19.5. The van der Waals surface area contributed by atoms with Crippen molar-refractivity contribution >= 4 is 0 Å². The highest BCUT2D eigenvalue weighted by atomic mass is 16.3. The minimum Gasteiger partial charge on any atom is -0.393 e. The van der Waals surface area contributed by atoms with Gasteiger partial charge in [0, 0.05) is 5.92 Å². The maximum atomic E-state index is 9.88. The van der Waals surface area contributed by atoms with E-state index in [0.29, 0.717) is 5.92 Å². The zero-order valence-corrected chi connectivity index (χ0v) is 6.95. The monoisotopic (exact) mass is 156 g/mol. The average Bonchev–Trinajstić information content (AvgIpc) is 1.83. The third-order valence-electron chi connectivity index (χ3n) is 3.43. The molecule has 11 heavy (non-hydrogen) atoms. The van der Waals surface area contributed by atoms with Crippen LogP contribution in [0.3, 0.4) is 0 Å². The molecule has 0 radical (unpaired) electrons. The zero-order chi connectivity index (χ0) is 8.06. The van der Waals surface area contributed by atoms with Crippen LogP contribution in [0.5, 0.6) is 0 Å². The molecule has 0 heterocycles. The van der Waals surface area contributed by atoms with E-state index in [1.165, 1.54) is 6.42 Å². The van der Waals surface area contributed by atoms with Crippen LogP contribution in [-0.2, 0) is 0 Å². The second-order valence-electron chi connectivity index (χ2n) is 4.41. The van der Waals surface area contributed by atoms with E-state index >= 15 is 0 Å². The van der Waals surface area contributed by atoms with Gasteiger partial charge in [0.05, 0.1) is 11.7 Å². The summed E-state index contributed by atoms with van der Waals surface area (Å²) in [6.45, 7) is 1.87. The summed E-state index contributed by atoms with van der Waals surface area (Å²) in [6.07, 6.45) is 3.80. The Morgan fingerprint density at radius 1 is 1.36 bits per heavy atom. The summed E-state index contributed by atoms with van der Waals surface area (Å²) in [5.41, 5.74) is -0.583. The molecule has 3 fully saturated rings. The highest BCUT2D eigenvalue weighted by Crippen LogP contribution is 2.47. The van der Waals surface area contributed by atoms with Gasteiger partial charge in [-0.1, -0.05) is 0 Å². The predicted molar refractivity (Wildman–Crippen MR) is 42.1 cm³/mol. The molecular weight excluding hydrogens is 140 g/mol. The van der Waals surface area contributed by atoms with Crippen LogP contribution in [0, 0.1) is 11.8 Å². The topological polar surface area (TPSA) is 40.5 Å². The van der Waals surface area contributed by atoms with Gasteiger partial charge in [0.2, 0.25) is 0 Å². The number of rotatable bonds is 0. The van der Waals surface area contributed by atoms with Gasteiger partial charge in [0.25, 0.3) is 0 Å². The Labute approximate surface area is 67.2 Å². The lowest BCUT2D eigenvalue weighted by molar-refractivity contribution is -0.140. The quantitative estimate of drug-likeness (QED) is 0.547. The minimum atomic E-state index is -0.583. The molecule has 64 valence electrons. The fourth-order valence-electron chi connectivity index (χ4n) is 2.88. The predicted octanol–water partition coefficient (Wildman–Crippen LogP) is 0.918. The van der Waals surface area contributed by atoms with E-state index in [2.05, 4.69) is 0 Å². The van der Waals surface area contributed by atoms with Gasteiger partial charge < -0.3 is 10.2 Å². The summed E-state index contributed by atoms with van der Waals surface area (Å²) in [4.78, 5) is 0. The lowest BCUT2D eigenvalue weighted by Gasteiger charge is -2.49. The van der Waals surface area contributed by atoms with Crippen molar-refractivity contribution in [3.05, 3.63) is 0 Å². The van der Waals surface area contributed by atoms with Crippen molar-refractivity contribution in [2.24, 2.45) is 11.8 Å². The third-order valence-corrected chi connectivity index (χ3v) is 3.43. The number of aliphatic hydroxyl groups is 2. The van der Waals surface area contributed by atoms with Crippen LogP contribution in [0.1, 0.15) is 32.6 Å². The van der Waals surface area contributed by atoms with Crippen molar-refractivity contribution in [1.82, 2.24) is 0 Å². The molecule has 0 saturated heterocycles. The first kappa shape index (κ1) is 7.56. The number of hydrogen-bond acceptors (Lipinski definition) is 2. The van der Waals surface area contributed by atoms with E-state index in [0.717, 1.165) is 19.3 Å². The summed E-state index contributed by atoms with van der Waals surface area (Å²) in [7, 11) is 0. The Bertz CT molecular complexity index is 165. The van der Waals surface area contributed by atoms with Crippen LogP contribution in [0.2, 0.25) is 0 Å². The maximum Gasteiger partial charge on any atom is 0.0675 e. The van der Waals surface area contributed by atoms with Crippen molar-refractivity contribution in [2.45, 2.75) is 44.3 Å². The molecule has 0 aliphatic heterocycles. The van der Waals surface area contributed by atoms with E-state index in [1.807, 2.05) is 6.92 Å². The van der Waals surface area contributed by atoms with Crippen LogP contribution >= 0.6 is 0 Å².